The maximum atomic E-state index is 10.6. The van der Waals surface area contributed by atoms with Crippen molar-refractivity contribution in [3.05, 3.63) is 59.2 Å². The summed E-state index contributed by atoms with van der Waals surface area (Å²) in [7, 11) is 0. The van der Waals surface area contributed by atoms with E-state index < -0.39 is 11.7 Å². The fourth-order valence-electron chi connectivity index (χ4n) is 2.81. The summed E-state index contributed by atoms with van der Waals surface area (Å²) in [6.45, 7) is 5.83. The lowest BCUT2D eigenvalue weighted by Gasteiger charge is -2.19. The van der Waals surface area contributed by atoms with E-state index in [1.165, 1.54) is 0 Å². The van der Waals surface area contributed by atoms with Gasteiger partial charge >= 0.3 is 6.09 Å². The molecule has 0 aliphatic heterocycles. The van der Waals surface area contributed by atoms with Gasteiger partial charge in [-0.3, -0.25) is 0 Å². The summed E-state index contributed by atoms with van der Waals surface area (Å²) >= 11 is 0. The number of phenols is 1. The molecule has 0 heterocycles. The summed E-state index contributed by atoms with van der Waals surface area (Å²) in [5, 5.41) is 34.7. The van der Waals surface area contributed by atoms with Crippen LogP contribution in [-0.4, -0.2) is 27.5 Å². The monoisotopic (exact) mass is 372 g/mol. The second-order valence-electron chi connectivity index (χ2n) is 7.35. The Morgan fingerprint density at radius 2 is 1.89 bits per heavy atom. The van der Waals surface area contributed by atoms with Crippen LogP contribution >= 0.6 is 0 Å². The zero-order valence-electron chi connectivity index (χ0n) is 16.0. The molecule has 0 fully saturated rings. The highest BCUT2D eigenvalue weighted by atomic mass is 16.4. The molecule has 6 heteroatoms. The lowest BCUT2D eigenvalue weighted by Crippen LogP contribution is -2.31. The summed E-state index contributed by atoms with van der Waals surface area (Å²) in [6, 6.07) is 13.0. The highest BCUT2D eigenvalue weighted by Gasteiger charge is 2.15. The molecule has 0 radical (unpaired) electrons. The van der Waals surface area contributed by atoms with Crippen LogP contribution in [0.1, 0.15) is 43.9 Å². The van der Waals surface area contributed by atoms with Gasteiger partial charge in [-0.25, -0.2) is 4.79 Å². The first-order valence-corrected chi connectivity index (χ1v) is 9.02. The molecule has 2 aromatic rings. The minimum absolute atomic E-state index is 0.148. The Labute approximate surface area is 159 Å². The molecule has 5 N–H and O–H groups in total. The minimum Gasteiger partial charge on any atom is -0.506 e. The maximum Gasteiger partial charge on any atom is 0.404 e. The number of carbonyl (C=O) groups is 1. The molecule has 0 aromatic heterocycles. The number of amides is 1. The predicted octanol–water partition coefficient (Wildman–Crippen LogP) is 3.82. The molecule has 1 amide bonds. The second kappa shape index (κ2) is 8.77. The van der Waals surface area contributed by atoms with Gasteiger partial charge in [-0.2, -0.15) is 0 Å². The van der Waals surface area contributed by atoms with E-state index in [4.69, 9.17) is 5.11 Å². The van der Waals surface area contributed by atoms with E-state index in [0.29, 0.717) is 25.1 Å². The van der Waals surface area contributed by atoms with E-state index in [2.05, 4.69) is 10.6 Å². The number of aromatic hydroxyl groups is 1. The van der Waals surface area contributed by atoms with Crippen molar-refractivity contribution in [1.82, 2.24) is 5.32 Å². The molecule has 2 rings (SSSR count). The molecule has 27 heavy (non-hydrogen) atoms. The van der Waals surface area contributed by atoms with Gasteiger partial charge in [0.1, 0.15) is 5.75 Å². The molecule has 0 saturated heterocycles. The highest BCUT2D eigenvalue weighted by Crippen LogP contribution is 2.26. The zero-order chi connectivity index (χ0) is 20.0. The van der Waals surface area contributed by atoms with E-state index in [-0.39, 0.29) is 11.8 Å². The van der Waals surface area contributed by atoms with Gasteiger partial charge in [0.05, 0.1) is 11.3 Å². The molecule has 0 saturated carbocycles. The van der Waals surface area contributed by atoms with Crippen molar-refractivity contribution in [2.75, 3.05) is 5.32 Å². The quantitative estimate of drug-likeness (QED) is 0.454. The van der Waals surface area contributed by atoms with E-state index >= 15 is 0 Å². The number of carboxylic acid groups (broad SMARTS) is 1. The van der Waals surface area contributed by atoms with Crippen LogP contribution in [0.25, 0.3) is 0 Å². The molecule has 2 aromatic carbocycles. The van der Waals surface area contributed by atoms with Crippen molar-refractivity contribution in [1.29, 1.82) is 0 Å². The first kappa shape index (κ1) is 20.6. The van der Waals surface area contributed by atoms with Crippen molar-refractivity contribution in [2.24, 2.45) is 0 Å². The van der Waals surface area contributed by atoms with Crippen LogP contribution in [0.3, 0.4) is 0 Å². The number of benzene rings is 2. The maximum absolute atomic E-state index is 10.6. The number of hydrogen-bond donors (Lipinski definition) is 5. The van der Waals surface area contributed by atoms with Gasteiger partial charge in [0.25, 0.3) is 0 Å². The molecule has 0 aliphatic rings. The second-order valence-corrected chi connectivity index (χ2v) is 7.35. The number of aliphatic hydroxyl groups is 1. The topological polar surface area (TPSA) is 102 Å². The van der Waals surface area contributed by atoms with Gasteiger partial charge in [0, 0.05) is 12.6 Å². The molecule has 1 atom stereocenters. The van der Waals surface area contributed by atoms with Crippen LogP contribution in [0.2, 0.25) is 0 Å². The number of phenolic OH excluding ortho intramolecular Hbond substituents is 1. The van der Waals surface area contributed by atoms with Crippen LogP contribution in [0.5, 0.6) is 5.75 Å². The van der Waals surface area contributed by atoms with E-state index in [0.717, 1.165) is 16.7 Å². The van der Waals surface area contributed by atoms with Gasteiger partial charge < -0.3 is 26.0 Å². The number of aryl methyl sites for hydroxylation is 1. The van der Waals surface area contributed by atoms with Crippen LogP contribution in [0.15, 0.2) is 42.5 Å². The van der Waals surface area contributed by atoms with Crippen molar-refractivity contribution >= 4 is 11.8 Å². The number of nitrogens with one attached hydrogen (secondary N) is 2. The van der Waals surface area contributed by atoms with Crippen LogP contribution in [-0.2, 0) is 18.6 Å². The molecule has 0 bridgehead atoms. The fourth-order valence-corrected chi connectivity index (χ4v) is 2.81. The first-order chi connectivity index (χ1) is 12.6. The SMILES string of the molecule is CC(CCc1ccc(NCc2cccc(C(C)(C)O)c2)c(O)c1)NC(=O)O. The Bertz CT molecular complexity index is 784. The number of anilines is 1. The molecule has 1 unspecified atom stereocenters. The third kappa shape index (κ3) is 6.49. The third-order valence-electron chi connectivity index (χ3n) is 4.41. The number of rotatable bonds is 8. The Kier molecular flexibility index (Phi) is 6.69. The van der Waals surface area contributed by atoms with Crippen molar-refractivity contribution < 1.29 is 20.1 Å². The molecular weight excluding hydrogens is 344 g/mol. The Hall–Kier alpha value is -2.73. The van der Waals surface area contributed by atoms with Crippen molar-refractivity contribution in [2.45, 2.75) is 51.8 Å². The van der Waals surface area contributed by atoms with Gasteiger partial charge in [-0.1, -0.05) is 30.3 Å². The molecule has 0 spiro atoms. The number of hydrogen-bond acceptors (Lipinski definition) is 4. The third-order valence-corrected chi connectivity index (χ3v) is 4.41. The van der Waals surface area contributed by atoms with Crippen LogP contribution in [0, 0.1) is 0 Å². The average molecular weight is 372 g/mol. The normalized spacial score (nSPS) is 12.4. The lowest BCUT2D eigenvalue weighted by atomic mass is 9.96. The Morgan fingerprint density at radius 1 is 1.15 bits per heavy atom. The van der Waals surface area contributed by atoms with E-state index in [9.17, 15) is 15.0 Å². The predicted molar refractivity (Wildman–Crippen MR) is 106 cm³/mol. The summed E-state index contributed by atoms with van der Waals surface area (Å²) in [4.78, 5) is 10.6. The summed E-state index contributed by atoms with van der Waals surface area (Å²) in [6.07, 6.45) is 0.295. The summed E-state index contributed by atoms with van der Waals surface area (Å²) in [5.74, 6) is 0.157. The fraction of sp³-hybridized carbons (Fsp3) is 0.381. The van der Waals surface area contributed by atoms with Crippen LogP contribution in [0.4, 0.5) is 10.5 Å². The zero-order valence-corrected chi connectivity index (χ0v) is 16.0. The molecule has 146 valence electrons. The van der Waals surface area contributed by atoms with E-state index in [1.807, 2.05) is 43.3 Å². The summed E-state index contributed by atoms with van der Waals surface area (Å²) in [5.41, 5.74) is 2.52. The summed E-state index contributed by atoms with van der Waals surface area (Å²) < 4.78 is 0. The first-order valence-electron chi connectivity index (χ1n) is 9.02. The van der Waals surface area contributed by atoms with Gasteiger partial charge in [-0.15, -0.1) is 0 Å². The molecule has 0 aliphatic carbocycles. The largest absolute Gasteiger partial charge is 0.506 e. The van der Waals surface area contributed by atoms with E-state index in [1.54, 1.807) is 19.9 Å². The smallest absolute Gasteiger partial charge is 0.404 e. The molecular formula is C21H28N2O4. The Balaban J connectivity index is 1.95. The minimum atomic E-state index is -1.03. The van der Waals surface area contributed by atoms with Crippen molar-refractivity contribution in [3.8, 4) is 5.75 Å². The van der Waals surface area contributed by atoms with Crippen molar-refractivity contribution in [3.63, 3.8) is 0 Å². The highest BCUT2D eigenvalue weighted by molar-refractivity contribution is 5.64. The van der Waals surface area contributed by atoms with Crippen LogP contribution < -0.4 is 10.6 Å². The van der Waals surface area contributed by atoms with Gasteiger partial charge in [0.15, 0.2) is 0 Å². The average Bonchev–Trinajstić information content (AvgIpc) is 2.58. The lowest BCUT2D eigenvalue weighted by molar-refractivity contribution is 0.0785. The molecule has 6 nitrogen and oxygen atoms in total. The van der Waals surface area contributed by atoms with Gasteiger partial charge in [0.2, 0.25) is 0 Å². The van der Waals surface area contributed by atoms with Gasteiger partial charge in [-0.05, 0) is 62.4 Å². The standard InChI is InChI=1S/C21H28N2O4/c1-14(23-20(25)26)7-8-15-9-10-18(19(24)12-15)22-13-16-5-4-6-17(11-16)21(2,3)27/h4-6,9-12,14,22-24,27H,7-8,13H2,1-3H3,(H,25,26). The Morgan fingerprint density at radius 3 is 2.52 bits per heavy atom.